The van der Waals surface area contributed by atoms with Crippen LogP contribution >= 0.6 is 11.3 Å². The minimum atomic E-state index is -4.20. The van der Waals surface area contributed by atoms with E-state index in [0.29, 0.717) is 11.3 Å². The van der Waals surface area contributed by atoms with Crippen molar-refractivity contribution in [1.82, 2.24) is 0 Å². The van der Waals surface area contributed by atoms with Crippen molar-refractivity contribution < 1.29 is 17.4 Å². The fourth-order valence-electron chi connectivity index (χ4n) is 0.430. The van der Waals surface area contributed by atoms with E-state index in [4.69, 9.17) is 4.55 Å². The SMILES string of the molecule is O=S(=O)(O)c1cc(F)cs1. The van der Waals surface area contributed by atoms with Crippen molar-refractivity contribution in [2.45, 2.75) is 4.21 Å². The average molecular weight is 182 g/mol. The number of thiophene rings is 1. The molecule has 0 bridgehead atoms. The molecule has 1 heterocycles. The lowest BCUT2D eigenvalue weighted by atomic mass is 10.6. The molecule has 1 aromatic rings. The summed E-state index contributed by atoms with van der Waals surface area (Å²) in [4.78, 5) is 0. The van der Waals surface area contributed by atoms with Gasteiger partial charge in [0.25, 0.3) is 0 Å². The van der Waals surface area contributed by atoms with Gasteiger partial charge in [-0.3, -0.25) is 4.55 Å². The molecule has 0 aromatic carbocycles. The van der Waals surface area contributed by atoms with Gasteiger partial charge in [-0.15, -0.1) is 11.3 Å². The maximum absolute atomic E-state index is 12.1. The zero-order valence-electron chi connectivity index (χ0n) is 4.61. The van der Waals surface area contributed by atoms with Crippen LogP contribution in [0.4, 0.5) is 4.39 Å². The molecular formula is C4H3FO3S2. The van der Waals surface area contributed by atoms with Gasteiger partial charge in [0.05, 0.1) is 0 Å². The molecule has 6 heteroatoms. The highest BCUT2D eigenvalue weighted by Gasteiger charge is 2.11. The lowest BCUT2D eigenvalue weighted by Crippen LogP contribution is -1.93. The number of halogens is 1. The fourth-order valence-corrected chi connectivity index (χ4v) is 1.80. The molecule has 0 aliphatic heterocycles. The molecule has 1 aromatic heterocycles. The third-order valence-electron chi connectivity index (χ3n) is 0.798. The van der Waals surface area contributed by atoms with Crippen molar-refractivity contribution in [2.75, 3.05) is 0 Å². The monoisotopic (exact) mass is 182 g/mol. The summed E-state index contributed by atoms with van der Waals surface area (Å²) in [7, 11) is -4.20. The first-order valence-corrected chi connectivity index (χ1v) is 4.53. The largest absolute Gasteiger partial charge is 0.304 e. The van der Waals surface area contributed by atoms with E-state index in [9.17, 15) is 12.8 Å². The van der Waals surface area contributed by atoms with E-state index >= 15 is 0 Å². The van der Waals surface area contributed by atoms with Gasteiger partial charge >= 0.3 is 10.1 Å². The molecule has 0 aliphatic carbocycles. The first-order valence-electron chi connectivity index (χ1n) is 2.21. The predicted molar refractivity (Wildman–Crippen MR) is 34.1 cm³/mol. The second kappa shape index (κ2) is 2.30. The number of hydrogen-bond donors (Lipinski definition) is 1. The van der Waals surface area contributed by atoms with E-state index in [2.05, 4.69) is 0 Å². The summed E-state index contributed by atoms with van der Waals surface area (Å²) in [5.74, 6) is -0.655. The van der Waals surface area contributed by atoms with Crippen LogP contribution in [0.1, 0.15) is 0 Å². The highest BCUT2D eigenvalue weighted by Crippen LogP contribution is 2.17. The van der Waals surface area contributed by atoms with Crippen molar-refractivity contribution >= 4 is 21.5 Å². The van der Waals surface area contributed by atoms with Gasteiger partial charge in [-0.1, -0.05) is 0 Å². The van der Waals surface area contributed by atoms with E-state index in [1.807, 2.05) is 0 Å². The Labute approximate surface area is 60.9 Å². The molecule has 1 rings (SSSR count). The van der Waals surface area contributed by atoms with Gasteiger partial charge in [-0.2, -0.15) is 8.42 Å². The Bertz CT molecular complexity index is 326. The second-order valence-corrected chi connectivity index (χ2v) is 4.12. The van der Waals surface area contributed by atoms with Crippen LogP contribution in [0.15, 0.2) is 15.7 Å². The van der Waals surface area contributed by atoms with E-state index in [0.717, 1.165) is 11.4 Å². The van der Waals surface area contributed by atoms with E-state index in [-0.39, 0.29) is 4.21 Å². The first-order chi connectivity index (χ1) is 4.50. The van der Waals surface area contributed by atoms with Gasteiger partial charge in [0, 0.05) is 11.4 Å². The van der Waals surface area contributed by atoms with Gasteiger partial charge in [-0.05, 0) is 0 Å². The molecule has 1 N–H and O–H groups in total. The van der Waals surface area contributed by atoms with Crippen molar-refractivity contribution in [2.24, 2.45) is 0 Å². The predicted octanol–water partition coefficient (Wildman–Crippen LogP) is 1.13. The molecule has 0 unspecified atom stereocenters. The molecule has 56 valence electrons. The Balaban J connectivity index is 3.21. The molecule has 0 radical (unpaired) electrons. The molecule has 0 atom stereocenters. The number of hydrogen-bond acceptors (Lipinski definition) is 3. The van der Waals surface area contributed by atoms with Crippen molar-refractivity contribution in [3.05, 3.63) is 17.3 Å². The highest BCUT2D eigenvalue weighted by atomic mass is 32.3. The summed E-state index contributed by atoms with van der Waals surface area (Å²) in [5, 5.41) is 1.00. The second-order valence-electron chi connectivity index (χ2n) is 1.56. The van der Waals surface area contributed by atoms with E-state index in [1.54, 1.807) is 0 Å². The normalized spacial score (nSPS) is 11.8. The molecule has 0 spiro atoms. The van der Waals surface area contributed by atoms with Crippen LogP contribution in [0.3, 0.4) is 0 Å². The smallest absolute Gasteiger partial charge is 0.281 e. The summed E-state index contributed by atoms with van der Waals surface area (Å²) >= 11 is 0.644. The van der Waals surface area contributed by atoms with Gasteiger partial charge < -0.3 is 0 Å². The molecule has 10 heavy (non-hydrogen) atoms. The van der Waals surface area contributed by atoms with Crippen LogP contribution in [0, 0.1) is 5.82 Å². The Morgan fingerprint density at radius 1 is 1.60 bits per heavy atom. The van der Waals surface area contributed by atoms with Crippen LogP contribution in [0.25, 0.3) is 0 Å². The molecule has 0 saturated carbocycles. The summed E-state index contributed by atoms with van der Waals surface area (Å²) in [6.45, 7) is 0. The van der Waals surface area contributed by atoms with Gasteiger partial charge in [0.15, 0.2) is 0 Å². The third kappa shape index (κ3) is 1.53. The van der Waals surface area contributed by atoms with Crippen LogP contribution in [0.5, 0.6) is 0 Å². The zero-order chi connectivity index (χ0) is 7.78. The third-order valence-corrected chi connectivity index (χ3v) is 3.04. The van der Waals surface area contributed by atoms with Crippen molar-refractivity contribution in [3.63, 3.8) is 0 Å². The summed E-state index contributed by atoms with van der Waals surface area (Å²) in [6, 6.07) is 0.764. The Hall–Kier alpha value is -0.460. The lowest BCUT2D eigenvalue weighted by molar-refractivity contribution is 0.485. The summed E-state index contributed by atoms with van der Waals surface area (Å²) in [6.07, 6.45) is 0. The highest BCUT2D eigenvalue weighted by molar-refractivity contribution is 7.88. The Morgan fingerprint density at radius 3 is 2.40 bits per heavy atom. The van der Waals surface area contributed by atoms with Crippen LogP contribution in [-0.2, 0) is 10.1 Å². The van der Waals surface area contributed by atoms with Crippen molar-refractivity contribution in [3.8, 4) is 0 Å². The van der Waals surface area contributed by atoms with E-state index in [1.165, 1.54) is 0 Å². The Morgan fingerprint density at radius 2 is 2.20 bits per heavy atom. The topological polar surface area (TPSA) is 54.4 Å². The summed E-state index contributed by atoms with van der Waals surface area (Å²) < 4.78 is 40.5. The van der Waals surface area contributed by atoms with Gasteiger partial charge in [0.1, 0.15) is 10.0 Å². The maximum atomic E-state index is 12.1. The minimum Gasteiger partial charge on any atom is -0.281 e. The molecule has 0 amide bonds. The number of rotatable bonds is 1. The average Bonchev–Trinajstić information content (AvgIpc) is 2.11. The molecule has 3 nitrogen and oxygen atoms in total. The standard InChI is InChI=1S/C4H3FO3S2/c5-3-1-4(9-2-3)10(6,7)8/h1-2H,(H,6,7,8). The molecule has 0 aliphatic rings. The van der Waals surface area contributed by atoms with Crippen molar-refractivity contribution in [1.29, 1.82) is 0 Å². The fraction of sp³-hybridized carbons (Fsp3) is 0. The Kier molecular flexibility index (Phi) is 1.76. The first kappa shape index (κ1) is 7.64. The molecule has 0 fully saturated rings. The maximum Gasteiger partial charge on any atom is 0.304 e. The van der Waals surface area contributed by atoms with Crippen LogP contribution in [0.2, 0.25) is 0 Å². The van der Waals surface area contributed by atoms with Gasteiger partial charge in [0.2, 0.25) is 0 Å². The minimum absolute atomic E-state index is 0.370. The lowest BCUT2D eigenvalue weighted by Gasteiger charge is -1.84. The molecular weight excluding hydrogens is 179 g/mol. The zero-order valence-corrected chi connectivity index (χ0v) is 6.25. The molecule has 0 saturated heterocycles. The van der Waals surface area contributed by atoms with Crippen LogP contribution < -0.4 is 0 Å². The van der Waals surface area contributed by atoms with Gasteiger partial charge in [-0.25, -0.2) is 4.39 Å². The van der Waals surface area contributed by atoms with E-state index < -0.39 is 15.9 Å². The van der Waals surface area contributed by atoms with Crippen LogP contribution in [-0.4, -0.2) is 13.0 Å². The quantitative estimate of drug-likeness (QED) is 0.662. The summed E-state index contributed by atoms with van der Waals surface area (Å²) in [5.41, 5.74) is 0.